The maximum absolute atomic E-state index is 9.96. The minimum absolute atomic E-state index is 0. The summed E-state index contributed by atoms with van der Waals surface area (Å²) in [5.41, 5.74) is 1.83. The van der Waals surface area contributed by atoms with Crippen molar-refractivity contribution in [2.45, 2.75) is 20.0 Å². The van der Waals surface area contributed by atoms with E-state index < -0.39 is 0 Å². The molecule has 7 heteroatoms. The Balaban J connectivity index is 0.00000338. The molecule has 0 saturated carbocycles. The van der Waals surface area contributed by atoms with Gasteiger partial charge in [-0.3, -0.25) is 0 Å². The molecule has 0 aliphatic rings. The Bertz CT molecular complexity index is 706. The fourth-order valence-corrected chi connectivity index (χ4v) is 2.25. The van der Waals surface area contributed by atoms with Crippen LogP contribution in [0.2, 0.25) is 0 Å². The van der Waals surface area contributed by atoms with Crippen LogP contribution in [0.5, 0.6) is 17.2 Å². The number of ether oxygens (including phenoxy) is 2. The van der Waals surface area contributed by atoms with Gasteiger partial charge in [-0.2, -0.15) is 0 Å². The van der Waals surface area contributed by atoms with Crippen molar-refractivity contribution >= 4 is 29.9 Å². The lowest BCUT2D eigenvalue weighted by molar-refractivity contribution is 0.410. The van der Waals surface area contributed by atoms with Crippen LogP contribution in [-0.2, 0) is 13.1 Å². The van der Waals surface area contributed by atoms with Gasteiger partial charge in [0.25, 0.3) is 0 Å². The maximum Gasteiger partial charge on any atom is 0.191 e. The van der Waals surface area contributed by atoms with Crippen LogP contribution in [-0.4, -0.2) is 31.8 Å². The number of rotatable bonds is 7. The Labute approximate surface area is 171 Å². The van der Waals surface area contributed by atoms with E-state index in [1.165, 1.54) is 0 Å². The number of benzene rings is 2. The summed E-state index contributed by atoms with van der Waals surface area (Å²) in [6, 6.07) is 13.0. The Kier molecular flexibility index (Phi) is 9.64. The summed E-state index contributed by atoms with van der Waals surface area (Å²) in [5, 5.41) is 16.4. The van der Waals surface area contributed by atoms with Crippen molar-refractivity contribution < 1.29 is 14.6 Å². The van der Waals surface area contributed by atoms with Crippen molar-refractivity contribution in [3.8, 4) is 17.2 Å². The first-order chi connectivity index (χ1) is 12.2. The largest absolute Gasteiger partial charge is 0.508 e. The Morgan fingerprint density at radius 1 is 1.00 bits per heavy atom. The molecule has 0 fully saturated rings. The van der Waals surface area contributed by atoms with Crippen LogP contribution in [0.3, 0.4) is 0 Å². The summed E-state index contributed by atoms with van der Waals surface area (Å²) in [7, 11) is 3.25. The van der Waals surface area contributed by atoms with Gasteiger partial charge in [-0.15, -0.1) is 24.0 Å². The van der Waals surface area contributed by atoms with Gasteiger partial charge in [-0.05, 0) is 42.8 Å². The average molecular weight is 471 g/mol. The van der Waals surface area contributed by atoms with E-state index in [9.17, 15) is 5.11 Å². The third-order valence-corrected chi connectivity index (χ3v) is 3.66. The predicted octanol–water partition coefficient (Wildman–Crippen LogP) is 3.28. The number of aromatic hydroxyl groups is 1. The molecule has 0 unspecified atom stereocenters. The highest BCUT2D eigenvalue weighted by atomic mass is 127. The number of hydrogen-bond donors (Lipinski definition) is 3. The third kappa shape index (κ3) is 6.62. The van der Waals surface area contributed by atoms with E-state index in [1.54, 1.807) is 32.4 Å². The van der Waals surface area contributed by atoms with Crippen molar-refractivity contribution in [1.29, 1.82) is 0 Å². The highest BCUT2D eigenvalue weighted by Gasteiger charge is 2.05. The summed E-state index contributed by atoms with van der Waals surface area (Å²) >= 11 is 0. The smallest absolute Gasteiger partial charge is 0.191 e. The number of nitrogens with one attached hydrogen (secondary N) is 2. The van der Waals surface area contributed by atoms with Gasteiger partial charge in [0.2, 0.25) is 0 Å². The number of guanidine groups is 1. The molecule has 6 nitrogen and oxygen atoms in total. The molecule has 0 spiro atoms. The fraction of sp³-hybridized carbons (Fsp3) is 0.316. The number of methoxy groups -OCH3 is 2. The second kappa shape index (κ2) is 11.5. The Hall–Kier alpha value is -2.16. The van der Waals surface area contributed by atoms with E-state index in [1.807, 2.05) is 31.2 Å². The number of hydrogen-bond acceptors (Lipinski definition) is 4. The molecule has 0 radical (unpaired) electrons. The zero-order valence-corrected chi connectivity index (χ0v) is 17.6. The molecule has 0 aliphatic heterocycles. The zero-order chi connectivity index (χ0) is 18.1. The van der Waals surface area contributed by atoms with Gasteiger partial charge in [0.1, 0.15) is 17.2 Å². The van der Waals surface area contributed by atoms with Crippen molar-refractivity contribution in [3.05, 3.63) is 53.6 Å². The predicted molar refractivity (Wildman–Crippen MR) is 115 cm³/mol. The highest BCUT2D eigenvalue weighted by molar-refractivity contribution is 14.0. The lowest BCUT2D eigenvalue weighted by Crippen LogP contribution is -2.36. The topological polar surface area (TPSA) is 75.1 Å². The van der Waals surface area contributed by atoms with E-state index in [-0.39, 0.29) is 29.7 Å². The molecular formula is C19H26IN3O3. The van der Waals surface area contributed by atoms with Gasteiger partial charge < -0.3 is 25.2 Å². The number of halogens is 1. The van der Waals surface area contributed by atoms with Crippen molar-refractivity contribution in [2.75, 3.05) is 20.8 Å². The number of phenolic OH excluding ortho intramolecular Hbond substituents is 1. The minimum atomic E-state index is 0. The second-order valence-corrected chi connectivity index (χ2v) is 5.39. The number of aliphatic imine (C=N–C) groups is 1. The Morgan fingerprint density at radius 2 is 1.65 bits per heavy atom. The molecule has 0 aromatic heterocycles. The van der Waals surface area contributed by atoms with Gasteiger partial charge >= 0.3 is 0 Å². The number of nitrogens with zero attached hydrogens (tertiary/aromatic N) is 1. The molecule has 3 N–H and O–H groups in total. The quantitative estimate of drug-likeness (QED) is 0.329. The van der Waals surface area contributed by atoms with E-state index >= 15 is 0 Å². The van der Waals surface area contributed by atoms with Gasteiger partial charge in [-0.25, -0.2) is 4.99 Å². The first-order valence-electron chi connectivity index (χ1n) is 8.17. The molecule has 0 amide bonds. The van der Waals surface area contributed by atoms with E-state index in [0.29, 0.717) is 24.8 Å². The summed E-state index contributed by atoms with van der Waals surface area (Å²) < 4.78 is 10.3. The van der Waals surface area contributed by atoms with Crippen molar-refractivity contribution in [3.63, 3.8) is 0 Å². The minimum Gasteiger partial charge on any atom is -0.508 e. The maximum atomic E-state index is 9.96. The van der Waals surface area contributed by atoms with Gasteiger partial charge in [0.15, 0.2) is 5.96 Å². The van der Waals surface area contributed by atoms with Crippen LogP contribution in [0.15, 0.2) is 47.5 Å². The molecule has 2 aromatic carbocycles. The monoisotopic (exact) mass is 471 g/mol. The van der Waals surface area contributed by atoms with Crippen LogP contribution in [0.1, 0.15) is 18.1 Å². The molecule has 26 heavy (non-hydrogen) atoms. The zero-order valence-electron chi connectivity index (χ0n) is 15.3. The summed E-state index contributed by atoms with van der Waals surface area (Å²) in [6.07, 6.45) is 0. The van der Waals surface area contributed by atoms with Gasteiger partial charge in [0, 0.05) is 18.7 Å². The lowest BCUT2D eigenvalue weighted by Gasteiger charge is -2.13. The van der Waals surface area contributed by atoms with E-state index in [4.69, 9.17) is 9.47 Å². The first kappa shape index (κ1) is 21.9. The Morgan fingerprint density at radius 3 is 2.27 bits per heavy atom. The molecule has 142 valence electrons. The van der Waals surface area contributed by atoms with E-state index in [2.05, 4.69) is 15.6 Å². The standard InChI is InChI=1S/C19H25N3O3.HI/c1-4-20-19(21-12-14-5-7-16(24-2)8-6-14)22-13-15-11-17(25-3)9-10-18(15)23;/h5-11,23H,4,12-13H2,1-3H3,(H2,20,21,22);1H. The molecule has 2 rings (SSSR count). The normalized spacial score (nSPS) is 10.7. The molecule has 0 aliphatic carbocycles. The molecule has 0 saturated heterocycles. The van der Waals surface area contributed by atoms with Crippen LogP contribution in [0, 0.1) is 0 Å². The molecule has 2 aromatic rings. The van der Waals surface area contributed by atoms with Crippen LogP contribution < -0.4 is 20.1 Å². The summed E-state index contributed by atoms with van der Waals surface area (Å²) in [5.74, 6) is 2.43. The summed E-state index contributed by atoms with van der Waals surface area (Å²) in [4.78, 5) is 4.57. The highest BCUT2D eigenvalue weighted by Crippen LogP contribution is 2.22. The van der Waals surface area contributed by atoms with Gasteiger partial charge in [-0.1, -0.05) is 12.1 Å². The fourth-order valence-electron chi connectivity index (χ4n) is 2.25. The average Bonchev–Trinajstić information content (AvgIpc) is 2.65. The third-order valence-electron chi connectivity index (χ3n) is 3.66. The molecule has 0 bridgehead atoms. The first-order valence-corrected chi connectivity index (χ1v) is 8.17. The molecule has 0 atom stereocenters. The SMILES string of the molecule is CCNC(=NCc1ccc(OC)cc1)NCc1cc(OC)ccc1O.I. The number of phenols is 1. The van der Waals surface area contributed by atoms with E-state index in [0.717, 1.165) is 23.4 Å². The van der Waals surface area contributed by atoms with Crippen molar-refractivity contribution in [2.24, 2.45) is 4.99 Å². The van der Waals surface area contributed by atoms with Crippen molar-refractivity contribution in [1.82, 2.24) is 10.6 Å². The summed E-state index contributed by atoms with van der Waals surface area (Å²) in [6.45, 7) is 3.74. The molecule has 0 heterocycles. The molecular weight excluding hydrogens is 445 g/mol. The van der Waals surface area contributed by atoms with Crippen LogP contribution in [0.4, 0.5) is 0 Å². The second-order valence-electron chi connectivity index (χ2n) is 5.39. The van der Waals surface area contributed by atoms with Crippen LogP contribution >= 0.6 is 24.0 Å². The van der Waals surface area contributed by atoms with Gasteiger partial charge in [0.05, 0.1) is 20.8 Å². The van der Waals surface area contributed by atoms with Crippen LogP contribution in [0.25, 0.3) is 0 Å². The lowest BCUT2D eigenvalue weighted by atomic mass is 10.2.